The standard InChI is InChI=1S/C11H16.C8H6Cl2O2/c1-3-4-8-11-9-6-5-7-10(11)2;1-4(11)5-2-6(9)8(12)7(10)3-5/h5-7,9H,3-4,8H2,1-2H3;2-3,12H,1H3. The largest absolute Gasteiger partial charge is 0.505 e. The van der Waals surface area contributed by atoms with Crippen molar-refractivity contribution < 1.29 is 9.90 Å². The zero-order chi connectivity index (χ0) is 17.4. The fourth-order valence-electron chi connectivity index (χ4n) is 2.03. The number of aryl methyl sites for hydroxylation is 2. The van der Waals surface area contributed by atoms with Crippen molar-refractivity contribution in [2.75, 3.05) is 0 Å². The van der Waals surface area contributed by atoms with Gasteiger partial charge in [-0.25, -0.2) is 0 Å². The van der Waals surface area contributed by atoms with E-state index >= 15 is 0 Å². The van der Waals surface area contributed by atoms with Crippen LogP contribution in [-0.4, -0.2) is 10.9 Å². The highest BCUT2D eigenvalue weighted by Crippen LogP contribution is 2.32. The Hall–Kier alpha value is -1.51. The van der Waals surface area contributed by atoms with Gasteiger partial charge in [-0.1, -0.05) is 60.8 Å². The first-order chi connectivity index (χ1) is 10.9. The molecule has 2 aromatic rings. The maximum atomic E-state index is 10.9. The number of carbonyl (C=O) groups is 1. The number of halogens is 2. The predicted octanol–water partition coefficient (Wildman–Crippen LogP) is 6.24. The van der Waals surface area contributed by atoms with Gasteiger partial charge in [-0.3, -0.25) is 4.79 Å². The molecule has 0 aromatic heterocycles. The van der Waals surface area contributed by atoms with Crippen molar-refractivity contribution in [1.29, 1.82) is 0 Å². The summed E-state index contributed by atoms with van der Waals surface area (Å²) in [4.78, 5) is 10.9. The lowest BCUT2D eigenvalue weighted by Gasteiger charge is -2.02. The molecule has 0 spiro atoms. The van der Waals surface area contributed by atoms with Gasteiger partial charge in [0.15, 0.2) is 11.5 Å². The third-order valence-electron chi connectivity index (χ3n) is 3.48. The van der Waals surface area contributed by atoms with E-state index in [9.17, 15) is 4.79 Å². The molecule has 4 heteroatoms. The van der Waals surface area contributed by atoms with Gasteiger partial charge in [0.1, 0.15) is 0 Å². The summed E-state index contributed by atoms with van der Waals surface area (Å²) in [6, 6.07) is 11.4. The van der Waals surface area contributed by atoms with Gasteiger partial charge in [0, 0.05) is 5.56 Å². The highest BCUT2D eigenvalue weighted by molar-refractivity contribution is 6.37. The molecule has 0 fully saturated rings. The molecule has 2 rings (SSSR count). The molecule has 1 N–H and O–H groups in total. The first-order valence-electron chi connectivity index (χ1n) is 7.60. The topological polar surface area (TPSA) is 37.3 Å². The van der Waals surface area contributed by atoms with Crippen molar-refractivity contribution in [3.8, 4) is 5.75 Å². The molecular formula is C19H22Cl2O2. The summed E-state index contributed by atoms with van der Waals surface area (Å²) in [6.07, 6.45) is 3.84. The Kier molecular flexibility index (Phi) is 8.15. The maximum absolute atomic E-state index is 10.9. The monoisotopic (exact) mass is 352 g/mol. The van der Waals surface area contributed by atoms with E-state index in [1.807, 2.05) is 0 Å². The Morgan fingerprint density at radius 2 is 1.70 bits per heavy atom. The Balaban J connectivity index is 0.000000231. The van der Waals surface area contributed by atoms with E-state index in [4.69, 9.17) is 28.3 Å². The highest BCUT2D eigenvalue weighted by Gasteiger charge is 2.08. The number of phenols is 1. The second-order valence-corrected chi connectivity index (χ2v) is 6.19. The van der Waals surface area contributed by atoms with E-state index < -0.39 is 0 Å². The van der Waals surface area contributed by atoms with Gasteiger partial charge in [-0.15, -0.1) is 0 Å². The lowest BCUT2D eigenvalue weighted by molar-refractivity contribution is 0.101. The van der Waals surface area contributed by atoms with Crippen LogP contribution in [0.4, 0.5) is 0 Å². The fraction of sp³-hybridized carbons (Fsp3) is 0.316. The third-order valence-corrected chi connectivity index (χ3v) is 4.06. The number of carbonyl (C=O) groups excluding carboxylic acids is 1. The normalized spacial score (nSPS) is 9.96. The van der Waals surface area contributed by atoms with Crippen LogP contribution in [0.3, 0.4) is 0 Å². The van der Waals surface area contributed by atoms with Crippen LogP contribution >= 0.6 is 23.2 Å². The molecule has 0 aliphatic rings. The lowest BCUT2D eigenvalue weighted by Crippen LogP contribution is -1.91. The molecular weight excluding hydrogens is 331 g/mol. The van der Waals surface area contributed by atoms with Crippen molar-refractivity contribution in [1.82, 2.24) is 0 Å². The predicted molar refractivity (Wildman–Crippen MR) is 97.9 cm³/mol. The van der Waals surface area contributed by atoms with E-state index in [-0.39, 0.29) is 21.6 Å². The van der Waals surface area contributed by atoms with Crippen molar-refractivity contribution in [2.45, 2.75) is 40.0 Å². The summed E-state index contributed by atoms with van der Waals surface area (Å²) >= 11 is 11.2. The first-order valence-corrected chi connectivity index (χ1v) is 8.35. The van der Waals surface area contributed by atoms with E-state index in [0.29, 0.717) is 5.56 Å². The molecule has 0 unspecified atom stereocenters. The second kappa shape index (κ2) is 9.59. The van der Waals surface area contributed by atoms with Gasteiger partial charge in [0.05, 0.1) is 10.0 Å². The summed E-state index contributed by atoms with van der Waals surface area (Å²) in [7, 11) is 0. The van der Waals surface area contributed by atoms with Crippen LogP contribution in [0.2, 0.25) is 10.0 Å². The van der Waals surface area contributed by atoms with Gasteiger partial charge in [-0.2, -0.15) is 0 Å². The number of rotatable bonds is 4. The number of ketones is 1. The Morgan fingerprint density at radius 1 is 1.13 bits per heavy atom. The average molecular weight is 353 g/mol. The maximum Gasteiger partial charge on any atom is 0.159 e. The zero-order valence-electron chi connectivity index (χ0n) is 13.7. The van der Waals surface area contributed by atoms with Crippen LogP contribution in [0, 0.1) is 6.92 Å². The van der Waals surface area contributed by atoms with E-state index in [1.54, 1.807) is 0 Å². The Labute approximate surface area is 148 Å². The SMILES string of the molecule is CC(=O)c1cc(Cl)c(O)c(Cl)c1.CCCCc1ccccc1C. The summed E-state index contributed by atoms with van der Waals surface area (Å²) < 4.78 is 0. The zero-order valence-corrected chi connectivity index (χ0v) is 15.2. The smallest absolute Gasteiger partial charge is 0.159 e. The highest BCUT2D eigenvalue weighted by atomic mass is 35.5. The minimum atomic E-state index is -0.191. The molecule has 0 saturated heterocycles. The number of benzene rings is 2. The quantitative estimate of drug-likeness (QED) is 0.661. The molecule has 0 aliphatic carbocycles. The minimum Gasteiger partial charge on any atom is -0.505 e. The summed E-state index contributed by atoms with van der Waals surface area (Å²) in [5.41, 5.74) is 3.33. The van der Waals surface area contributed by atoms with Crippen LogP contribution in [0.1, 0.15) is 48.2 Å². The molecule has 0 amide bonds. The van der Waals surface area contributed by atoms with Gasteiger partial charge in [0.2, 0.25) is 0 Å². The molecule has 0 atom stereocenters. The van der Waals surface area contributed by atoms with Crippen LogP contribution in [0.15, 0.2) is 36.4 Å². The van der Waals surface area contributed by atoms with Crippen LogP contribution in [0.5, 0.6) is 5.75 Å². The van der Waals surface area contributed by atoms with Crippen molar-refractivity contribution >= 4 is 29.0 Å². The van der Waals surface area contributed by atoms with Gasteiger partial charge < -0.3 is 5.11 Å². The molecule has 2 nitrogen and oxygen atoms in total. The minimum absolute atomic E-state index is 0.0905. The number of Topliss-reactive ketones (excluding diaryl/α,β-unsaturated/α-hetero) is 1. The van der Waals surface area contributed by atoms with Crippen molar-refractivity contribution in [3.05, 3.63) is 63.1 Å². The van der Waals surface area contributed by atoms with Gasteiger partial charge >= 0.3 is 0 Å². The summed E-state index contributed by atoms with van der Waals surface area (Å²) in [5.74, 6) is -0.331. The summed E-state index contributed by atoms with van der Waals surface area (Å²) in [5, 5.41) is 9.32. The first kappa shape index (κ1) is 19.5. The molecule has 0 heterocycles. The lowest BCUT2D eigenvalue weighted by atomic mass is 10.0. The molecule has 0 aliphatic heterocycles. The van der Waals surface area contributed by atoms with Crippen LogP contribution in [0.25, 0.3) is 0 Å². The Morgan fingerprint density at radius 3 is 2.17 bits per heavy atom. The van der Waals surface area contributed by atoms with Gasteiger partial charge in [0.25, 0.3) is 0 Å². The second-order valence-electron chi connectivity index (χ2n) is 5.37. The van der Waals surface area contributed by atoms with Crippen LogP contribution in [-0.2, 0) is 6.42 Å². The van der Waals surface area contributed by atoms with Crippen LogP contribution < -0.4 is 0 Å². The number of hydrogen-bond acceptors (Lipinski definition) is 2. The molecule has 2 aromatic carbocycles. The fourth-order valence-corrected chi connectivity index (χ4v) is 2.51. The van der Waals surface area contributed by atoms with E-state index in [1.165, 1.54) is 49.4 Å². The van der Waals surface area contributed by atoms with Gasteiger partial charge in [-0.05, 0) is 49.9 Å². The molecule has 23 heavy (non-hydrogen) atoms. The number of hydrogen-bond donors (Lipinski definition) is 1. The van der Waals surface area contributed by atoms with E-state index in [2.05, 4.69) is 38.1 Å². The summed E-state index contributed by atoms with van der Waals surface area (Å²) in [6.45, 7) is 5.82. The average Bonchev–Trinajstić information content (AvgIpc) is 2.52. The van der Waals surface area contributed by atoms with Crippen molar-refractivity contribution in [2.24, 2.45) is 0 Å². The third kappa shape index (κ3) is 6.25. The Bertz CT molecular complexity index is 643. The number of phenolic OH excluding ortho intramolecular Hbond substituents is 1. The van der Waals surface area contributed by atoms with Crippen molar-refractivity contribution in [3.63, 3.8) is 0 Å². The number of unbranched alkanes of at least 4 members (excludes halogenated alkanes) is 1. The molecule has 0 bridgehead atoms. The number of aromatic hydroxyl groups is 1. The molecule has 0 saturated carbocycles. The van der Waals surface area contributed by atoms with E-state index in [0.717, 1.165) is 0 Å². The molecule has 0 radical (unpaired) electrons. The molecule has 124 valence electrons.